The Kier molecular flexibility index (Phi) is 3.74. The molecule has 2 atom stereocenters. The van der Waals surface area contributed by atoms with E-state index in [1.54, 1.807) is 14.2 Å². The number of nitrogens with zero attached hydrogens (tertiary/aromatic N) is 2. The van der Waals surface area contributed by atoms with Gasteiger partial charge in [-0.2, -0.15) is 5.26 Å². The first kappa shape index (κ1) is 15.7. The summed E-state index contributed by atoms with van der Waals surface area (Å²) in [4.78, 5) is 4.55. The highest BCUT2D eigenvalue weighted by atomic mass is 16.5. The van der Waals surface area contributed by atoms with Gasteiger partial charge in [-0.15, -0.1) is 0 Å². The zero-order chi connectivity index (χ0) is 17.6. The molecule has 25 heavy (non-hydrogen) atoms. The molecule has 0 saturated carbocycles. The molecule has 1 aromatic carbocycles. The van der Waals surface area contributed by atoms with Crippen molar-refractivity contribution >= 4 is 5.82 Å². The lowest BCUT2D eigenvalue weighted by Crippen LogP contribution is -2.33. The molecular formula is C19H20N4O2. The summed E-state index contributed by atoms with van der Waals surface area (Å²) in [7, 11) is 3.21. The minimum absolute atomic E-state index is 0.219. The van der Waals surface area contributed by atoms with E-state index in [1.165, 1.54) is 0 Å². The van der Waals surface area contributed by atoms with E-state index < -0.39 is 0 Å². The van der Waals surface area contributed by atoms with Crippen molar-refractivity contribution < 1.29 is 9.47 Å². The fourth-order valence-corrected chi connectivity index (χ4v) is 4.05. The molecule has 128 valence electrons. The molecule has 2 aromatic rings. The Bertz CT molecular complexity index is 888. The standard InChI is InChI=1S/C19H20N4O2/c1-24-15-6-3-10(7-16(15)25-2)17-12(9-20)19(21)23-14-8-11-4-5-13(22-11)18(14)17/h3,6-7,11,13,22H,4-5,8H2,1-2H3,(H2,21,23)/t11-,13+/m1/s1. The summed E-state index contributed by atoms with van der Waals surface area (Å²) in [5, 5.41) is 13.3. The molecule has 0 unspecified atom stereocenters. The molecular weight excluding hydrogens is 316 g/mol. The van der Waals surface area contributed by atoms with Crippen molar-refractivity contribution in [2.45, 2.75) is 31.3 Å². The first-order chi connectivity index (χ1) is 12.2. The number of pyridine rings is 1. The van der Waals surface area contributed by atoms with E-state index in [0.717, 1.165) is 41.6 Å². The molecule has 3 N–H and O–H groups in total. The number of ether oxygens (including phenoxy) is 2. The van der Waals surface area contributed by atoms with Gasteiger partial charge in [0.05, 0.1) is 14.2 Å². The fraction of sp³-hybridized carbons (Fsp3) is 0.368. The quantitative estimate of drug-likeness (QED) is 0.895. The van der Waals surface area contributed by atoms with Gasteiger partial charge in [0, 0.05) is 29.8 Å². The average Bonchev–Trinajstić information content (AvgIpc) is 3.01. The number of nitrogens with two attached hydrogens (primary N) is 1. The lowest BCUT2D eigenvalue weighted by atomic mass is 9.88. The number of methoxy groups -OCH3 is 2. The highest BCUT2D eigenvalue weighted by molar-refractivity contribution is 5.81. The average molecular weight is 336 g/mol. The highest BCUT2D eigenvalue weighted by Crippen LogP contribution is 2.44. The van der Waals surface area contributed by atoms with Crippen LogP contribution >= 0.6 is 0 Å². The zero-order valence-electron chi connectivity index (χ0n) is 14.3. The van der Waals surface area contributed by atoms with Crippen LogP contribution in [-0.4, -0.2) is 25.2 Å². The van der Waals surface area contributed by atoms with Crippen molar-refractivity contribution in [1.82, 2.24) is 10.3 Å². The molecule has 3 heterocycles. The van der Waals surface area contributed by atoms with Crippen LogP contribution in [0.2, 0.25) is 0 Å². The van der Waals surface area contributed by atoms with Crippen LogP contribution in [0.5, 0.6) is 11.5 Å². The maximum absolute atomic E-state index is 9.71. The van der Waals surface area contributed by atoms with E-state index >= 15 is 0 Å². The number of rotatable bonds is 3. The van der Waals surface area contributed by atoms with Gasteiger partial charge in [-0.1, -0.05) is 6.07 Å². The van der Waals surface area contributed by atoms with Crippen LogP contribution in [0.3, 0.4) is 0 Å². The van der Waals surface area contributed by atoms with E-state index in [2.05, 4.69) is 16.4 Å². The molecule has 2 aliphatic rings. The normalized spacial score (nSPS) is 20.7. The molecule has 4 rings (SSSR count). The summed E-state index contributed by atoms with van der Waals surface area (Å²) in [6.45, 7) is 0. The second kappa shape index (κ2) is 5.94. The molecule has 2 aliphatic heterocycles. The molecule has 6 heteroatoms. The molecule has 0 aliphatic carbocycles. The van der Waals surface area contributed by atoms with Gasteiger partial charge in [0.1, 0.15) is 17.5 Å². The van der Waals surface area contributed by atoms with Crippen molar-refractivity contribution in [3.8, 4) is 28.7 Å². The molecule has 2 bridgehead atoms. The van der Waals surface area contributed by atoms with Crippen molar-refractivity contribution in [3.05, 3.63) is 35.0 Å². The molecule has 0 spiro atoms. The second-order valence-corrected chi connectivity index (χ2v) is 6.49. The predicted molar refractivity (Wildman–Crippen MR) is 94.5 cm³/mol. The third-order valence-electron chi connectivity index (χ3n) is 5.15. The van der Waals surface area contributed by atoms with Crippen LogP contribution in [0.4, 0.5) is 5.82 Å². The van der Waals surface area contributed by atoms with E-state index in [9.17, 15) is 5.26 Å². The lowest BCUT2D eigenvalue weighted by molar-refractivity contribution is 0.355. The number of nitrogens with one attached hydrogen (secondary N) is 1. The smallest absolute Gasteiger partial charge is 0.161 e. The van der Waals surface area contributed by atoms with E-state index in [4.69, 9.17) is 15.2 Å². The Labute approximate surface area is 146 Å². The maximum Gasteiger partial charge on any atom is 0.161 e. The van der Waals surface area contributed by atoms with Crippen LogP contribution in [0, 0.1) is 11.3 Å². The van der Waals surface area contributed by atoms with Crippen molar-refractivity contribution in [3.63, 3.8) is 0 Å². The molecule has 1 saturated heterocycles. The van der Waals surface area contributed by atoms with Crippen molar-refractivity contribution in [1.29, 1.82) is 5.26 Å². The lowest BCUT2D eigenvalue weighted by Gasteiger charge is -2.27. The summed E-state index contributed by atoms with van der Waals surface area (Å²) < 4.78 is 10.8. The second-order valence-electron chi connectivity index (χ2n) is 6.49. The largest absolute Gasteiger partial charge is 0.493 e. The molecule has 6 nitrogen and oxygen atoms in total. The number of nitriles is 1. The summed E-state index contributed by atoms with van der Waals surface area (Å²) >= 11 is 0. The zero-order valence-corrected chi connectivity index (χ0v) is 14.3. The molecule has 0 amide bonds. The van der Waals surface area contributed by atoms with Crippen LogP contribution in [0.15, 0.2) is 18.2 Å². The fourth-order valence-electron chi connectivity index (χ4n) is 4.05. The number of anilines is 1. The monoisotopic (exact) mass is 336 g/mol. The molecule has 1 aromatic heterocycles. The van der Waals surface area contributed by atoms with E-state index in [1.807, 2.05) is 18.2 Å². The summed E-state index contributed by atoms with van der Waals surface area (Å²) in [5.41, 5.74) is 10.4. The van der Waals surface area contributed by atoms with Gasteiger partial charge >= 0.3 is 0 Å². The number of benzene rings is 1. The number of fused-ring (bicyclic) bond motifs is 4. The van der Waals surface area contributed by atoms with Crippen LogP contribution in [0.25, 0.3) is 11.1 Å². The first-order valence-corrected chi connectivity index (χ1v) is 8.37. The maximum atomic E-state index is 9.71. The van der Waals surface area contributed by atoms with Crippen LogP contribution in [0.1, 0.15) is 35.7 Å². The van der Waals surface area contributed by atoms with Crippen molar-refractivity contribution in [2.75, 3.05) is 20.0 Å². The molecule has 0 radical (unpaired) electrons. The van der Waals surface area contributed by atoms with E-state index in [0.29, 0.717) is 28.9 Å². The summed E-state index contributed by atoms with van der Waals surface area (Å²) in [6, 6.07) is 8.62. The van der Waals surface area contributed by atoms with Crippen molar-refractivity contribution in [2.24, 2.45) is 0 Å². The van der Waals surface area contributed by atoms with Gasteiger partial charge in [0.25, 0.3) is 0 Å². The predicted octanol–water partition coefficient (Wildman–Crippen LogP) is 2.57. The number of hydrogen-bond acceptors (Lipinski definition) is 6. The number of hydrogen-bond donors (Lipinski definition) is 2. The third kappa shape index (κ3) is 2.39. The minimum atomic E-state index is 0.219. The van der Waals surface area contributed by atoms with Gasteiger partial charge in [0.2, 0.25) is 0 Å². The Morgan fingerprint density at radius 1 is 1.24 bits per heavy atom. The van der Waals surface area contributed by atoms with Gasteiger partial charge < -0.3 is 20.5 Å². The highest BCUT2D eigenvalue weighted by Gasteiger charge is 2.36. The Morgan fingerprint density at radius 2 is 2.04 bits per heavy atom. The first-order valence-electron chi connectivity index (χ1n) is 8.37. The SMILES string of the molecule is COc1ccc(-c2c(C#N)c(N)nc3c2[C@@H]2CC[C@H](C3)N2)cc1OC. The van der Waals surface area contributed by atoms with Gasteiger partial charge in [-0.25, -0.2) is 4.98 Å². The third-order valence-corrected chi connectivity index (χ3v) is 5.15. The van der Waals surface area contributed by atoms with Gasteiger partial charge in [-0.3, -0.25) is 0 Å². The molecule has 1 fully saturated rings. The van der Waals surface area contributed by atoms with Crippen LogP contribution < -0.4 is 20.5 Å². The topological polar surface area (TPSA) is 93.2 Å². The Morgan fingerprint density at radius 3 is 2.76 bits per heavy atom. The summed E-state index contributed by atoms with van der Waals surface area (Å²) in [6.07, 6.45) is 3.02. The van der Waals surface area contributed by atoms with Crippen LogP contribution in [-0.2, 0) is 6.42 Å². The van der Waals surface area contributed by atoms with Gasteiger partial charge in [-0.05, 0) is 36.1 Å². The Hall–Kier alpha value is -2.78. The Balaban J connectivity index is 1.98. The number of aromatic nitrogens is 1. The number of nitrogen functional groups attached to an aromatic ring is 1. The van der Waals surface area contributed by atoms with Gasteiger partial charge in [0.15, 0.2) is 11.5 Å². The summed E-state index contributed by atoms with van der Waals surface area (Å²) in [5.74, 6) is 1.58. The minimum Gasteiger partial charge on any atom is -0.493 e. The van der Waals surface area contributed by atoms with E-state index in [-0.39, 0.29) is 6.04 Å².